The lowest BCUT2D eigenvalue weighted by molar-refractivity contribution is -0.298. The van der Waals surface area contributed by atoms with Crippen LogP contribution in [0, 0.1) is 5.92 Å². The predicted octanol–water partition coefficient (Wildman–Crippen LogP) is 11.0. The van der Waals surface area contributed by atoms with Crippen LogP contribution in [0.2, 0.25) is 0 Å². The smallest absolute Gasteiger partial charge is 0.305 e. The van der Waals surface area contributed by atoms with Crippen molar-refractivity contribution >= 4 is 17.9 Å². The molecule has 0 spiro atoms. The summed E-state index contributed by atoms with van der Waals surface area (Å²) in [6, 6.07) is 0. The van der Waals surface area contributed by atoms with Crippen LogP contribution in [0.15, 0.2) is 0 Å². The summed E-state index contributed by atoms with van der Waals surface area (Å²) in [5, 5.41) is 10.6. The van der Waals surface area contributed by atoms with Gasteiger partial charge in [-0.25, -0.2) is 0 Å². The first kappa shape index (κ1) is 52.3. The molecule has 1 saturated heterocycles. The number of likely N-dealkylation sites (tertiary alicyclic amines) is 1. The van der Waals surface area contributed by atoms with Crippen molar-refractivity contribution in [1.82, 2.24) is 4.90 Å². The van der Waals surface area contributed by atoms with Crippen LogP contribution < -0.4 is 0 Å². The summed E-state index contributed by atoms with van der Waals surface area (Å²) >= 11 is 0. The highest BCUT2D eigenvalue weighted by Crippen LogP contribution is 2.20. The molecule has 0 aromatic carbocycles. The van der Waals surface area contributed by atoms with Gasteiger partial charge in [0.05, 0.1) is 32.0 Å². The molecule has 0 amide bonds. The maximum atomic E-state index is 12.6. The fourth-order valence-corrected chi connectivity index (χ4v) is 7.30. The van der Waals surface area contributed by atoms with E-state index in [0.29, 0.717) is 51.6 Å². The standard InChI is InChI=1S/C46H87NO9/c1-5-8-11-14-15-16-17-18-21-22-29-41(55-46(51)56-42-34-35-47(4)37-42)30-27-36-52-43(48)33-26-25-28-40(38-53-44(49)31-23-19-12-9-6-2)39-54-45(50)32-24-20-13-10-7-3/h40-42,46,51H,5-39H2,1-4H3/t41?,42-,46?/m1/s1. The molecule has 0 aromatic rings. The van der Waals surface area contributed by atoms with Crippen LogP contribution in [0.4, 0.5) is 0 Å². The van der Waals surface area contributed by atoms with Gasteiger partial charge in [-0.1, -0.05) is 143 Å². The minimum Gasteiger partial charge on any atom is -0.466 e. The van der Waals surface area contributed by atoms with Gasteiger partial charge in [0.15, 0.2) is 0 Å². The Kier molecular flexibility index (Phi) is 35.0. The zero-order valence-electron chi connectivity index (χ0n) is 36.7. The van der Waals surface area contributed by atoms with E-state index in [0.717, 1.165) is 96.6 Å². The van der Waals surface area contributed by atoms with Crippen LogP contribution in [0.3, 0.4) is 0 Å². The summed E-state index contributed by atoms with van der Waals surface area (Å²) < 4.78 is 28.6. The largest absolute Gasteiger partial charge is 0.466 e. The van der Waals surface area contributed by atoms with E-state index in [9.17, 15) is 19.5 Å². The maximum Gasteiger partial charge on any atom is 0.305 e. The van der Waals surface area contributed by atoms with Gasteiger partial charge >= 0.3 is 17.9 Å². The van der Waals surface area contributed by atoms with Crippen molar-refractivity contribution in [3.63, 3.8) is 0 Å². The third kappa shape index (κ3) is 32.2. The highest BCUT2D eigenvalue weighted by molar-refractivity contribution is 5.70. The molecule has 0 aliphatic carbocycles. The van der Waals surface area contributed by atoms with Gasteiger partial charge in [0.2, 0.25) is 0 Å². The van der Waals surface area contributed by atoms with E-state index in [2.05, 4.69) is 32.7 Å². The molecule has 1 heterocycles. The summed E-state index contributed by atoms with van der Waals surface area (Å²) in [5.41, 5.74) is 0. The van der Waals surface area contributed by atoms with E-state index < -0.39 is 6.48 Å². The average molecular weight is 798 g/mol. The monoisotopic (exact) mass is 798 g/mol. The van der Waals surface area contributed by atoms with Gasteiger partial charge in [-0.3, -0.25) is 14.4 Å². The second-order valence-corrected chi connectivity index (χ2v) is 16.5. The van der Waals surface area contributed by atoms with E-state index in [-0.39, 0.29) is 49.2 Å². The first-order chi connectivity index (χ1) is 27.3. The van der Waals surface area contributed by atoms with E-state index in [4.69, 9.17) is 23.7 Å². The zero-order chi connectivity index (χ0) is 40.9. The van der Waals surface area contributed by atoms with Crippen molar-refractivity contribution in [2.45, 2.75) is 232 Å². The van der Waals surface area contributed by atoms with Gasteiger partial charge in [-0.2, -0.15) is 0 Å². The molecule has 56 heavy (non-hydrogen) atoms. The van der Waals surface area contributed by atoms with Crippen LogP contribution in [0.5, 0.6) is 0 Å². The number of esters is 3. The lowest BCUT2D eigenvalue weighted by atomic mass is 10.0. The lowest BCUT2D eigenvalue weighted by Gasteiger charge is -2.24. The Bertz CT molecular complexity index is 904. The second kappa shape index (κ2) is 37.5. The van der Waals surface area contributed by atoms with Gasteiger partial charge in [0.25, 0.3) is 6.48 Å². The molecule has 330 valence electrons. The van der Waals surface area contributed by atoms with E-state index in [1.54, 1.807) is 0 Å². The molecule has 0 aromatic heterocycles. The van der Waals surface area contributed by atoms with Crippen LogP contribution in [0.25, 0.3) is 0 Å². The number of carbonyl (C=O) groups excluding carboxylic acids is 3. The third-order valence-electron chi connectivity index (χ3n) is 11.0. The fourth-order valence-electron chi connectivity index (χ4n) is 7.30. The molecule has 2 unspecified atom stereocenters. The lowest BCUT2D eigenvalue weighted by Crippen LogP contribution is -2.30. The highest BCUT2D eigenvalue weighted by atomic mass is 16.8. The molecule has 10 heteroatoms. The minimum absolute atomic E-state index is 0.0237. The first-order valence-electron chi connectivity index (χ1n) is 23.4. The van der Waals surface area contributed by atoms with Crippen molar-refractivity contribution < 1.29 is 43.2 Å². The van der Waals surface area contributed by atoms with Crippen LogP contribution in [0.1, 0.15) is 213 Å². The minimum atomic E-state index is -1.25. The van der Waals surface area contributed by atoms with Crippen molar-refractivity contribution in [3.05, 3.63) is 0 Å². The van der Waals surface area contributed by atoms with Crippen molar-refractivity contribution in [2.75, 3.05) is 40.0 Å². The molecule has 1 aliphatic rings. The number of hydrogen-bond acceptors (Lipinski definition) is 10. The van der Waals surface area contributed by atoms with E-state index >= 15 is 0 Å². The number of aliphatic hydroxyl groups is 1. The number of ether oxygens (including phenoxy) is 5. The van der Waals surface area contributed by atoms with Crippen LogP contribution in [-0.2, 0) is 38.1 Å². The number of hydrogen-bond donors (Lipinski definition) is 1. The maximum absolute atomic E-state index is 12.6. The van der Waals surface area contributed by atoms with Gasteiger partial charge in [0, 0.05) is 38.3 Å². The predicted molar refractivity (Wildman–Crippen MR) is 225 cm³/mol. The highest BCUT2D eigenvalue weighted by Gasteiger charge is 2.25. The van der Waals surface area contributed by atoms with E-state index in [1.165, 1.54) is 64.2 Å². The second-order valence-electron chi connectivity index (χ2n) is 16.5. The van der Waals surface area contributed by atoms with Gasteiger partial charge in [-0.15, -0.1) is 0 Å². The van der Waals surface area contributed by atoms with Gasteiger partial charge in [0.1, 0.15) is 0 Å². The molecule has 0 bridgehead atoms. The van der Waals surface area contributed by atoms with Gasteiger partial charge in [-0.05, 0) is 58.4 Å². The molecule has 1 fully saturated rings. The Morgan fingerprint density at radius 1 is 0.571 bits per heavy atom. The number of unbranched alkanes of at least 4 members (excludes halogenated alkanes) is 18. The Morgan fingerprint density at radius 2 is 1.00 bits per heavy atom. The first-order valence-corrected chi connectivity index (χ1v) is 23.4. The molecule has 0 radical (unpaired) electrons. The summed E-state index contributed by atoms with van der Waals surface area (Å²) in [6.07, 6.45) is 29.5. The Balaban J connectivity index is 2.43. The number of nitrogens with zero attached hydrogens (tertiary/aromatic N) is 1. The number of aliphatic hydroxyl groups excluding tert-OH is 1. The molecular formula is C46H87NO9. The fraction of sp³-hybridized carbons (Fsp3) is 0.935. The Hall–Kier alpha value is -1.75. The van der Waals surface area contributed by atoms with Gasteiger partial charge < -0.3 is 33.7 Å². The zero-order valence-corrected chi connectivity index (χ0v) is 36.7. The summed E-state index contributed by atoms with van der Waals surface area (Å²) in [5.74, 6) is -0.721. The van der Waals surface area contributed by atoms with Crippen LogP contribution >= 0.6 is 0 Å². The Morgan fingerprint density at radius 3 is 1.50 bits per heavy atom. The average Bonchev–Trinajstić information content (AvgIpc) is 3.59. The SMILES string of the molecule is CCCCCCCCCCCCC(CCCOC(=O)CCCCC(COC(=O)CCCCCCC)COC(=O)CCCCCCC)OC(O)O[C@@H]1CCN(C)C1. The quantitative estimate of drug-likeness (QED) is 0.0277. The van der Waals surface area contributed by atoms with Crippen molar-refractivity contribution in [2.24, 2.45) is 5.92 Å². The number of likely N-dealkylation sites (N-methyl/N-ethyl adjacent to an activating group) is 1. The number of carbonyl (C=O) groups is 3. The van der Waals surface area contributed by atoms with Crippen molar-refractivity contribution in [1.29, 1.82) is 0 Å². The molecule has 3 atom stereocenters. The molecule has 10 nitrogen and oxygen atoms in total. The third-order valence-corrected chi connectivity index (χ3v) is 11.0. The topological polar surface area (TPSA) is 121 Å². The number of rotatable bonds is 40. The summed E-state index contributed by atoms with van der Waals surface area (Å²) in [7, 11) is 2.05. The molecule has 1 rings (SSSR count). The van der Waals surface area contributed by atoms with Crippen molar-refractivity contribution in [3.8, 4) is 0 Å². The normalized spacial score (nSPS) is 15.6. The Labute approximate surface area is 343 Å². The molecule has 0 saturated carbocycles. The summed E-state index contributed by atoms with van der Waals surface area (Å²) in [6.45, 7) is 7.85. The molecule has 1 N–H and O–H groups in total. The molecule has 1 aliphatic heterocycles. The summed E-state index contributed by atoms with van der Waals surface area (Å²) in [4.78, 5) is 39.6. The van der Waals surface area contributed by atoms with Crippen LogP contribution in [-0.4, -0.2) is 86.6 Å². The molecular weight excluding hydrogens is 711 g/mol. The van der Waals surface area contributed by atoms with E-state index in [1.807, 2.05) is 0 Å².